The molecule has 4 bridgehead atoms. The first-order valence-electron chi connectivity index (χ1n) is 10.2. The number of rotatable bonds is 2. The molecule has 2 aliphatic rings. The van der Waals surface area contributed by atoms with Crippen molar-refractivity contribution < 1.29 is 9.53 Å². The van der Waals surface area contributed by atoms with Gasteiger partial charge >= 0.3 is 6.01 Å². The van der Waals surface area contributed by atoms with Crippen molar-refractivity contribution in [3.8, 4) is 6.01 Å². The van der Waals surface area contributed by atoms with E-state index in [2.05, 4.69) is 25.6 Å². The first-order valence-corrected chi connectivity index (χ1v) is 10.2. The van der Waals surface area contributed by atoms with Crippen LogP contribution in [0.2, 0.25) is 0 Å². The molecule has 0 saturated carbocycles. The third-order valence-corrected chi connectivity index (χ3v) is 4.69. The quantitative estimate of drug-likeness (QED) is 0.827. The molecule has 0 saturated heterocycles. The summed E-state index contributed by atoms with van der Waals surface area (Å²) in [5.74, 6) is 1.19. The van der Waals surface area contributed by atoms with E-state index in [0.29, 0.717) is 36.4 Å². The SMILES string of the molecule is CCOc1nc2nc(n1)NCCCCCCCCNC(=O)c1ccc(cc1)C2. The Morgan fingerprint density at radius 1 is 0.893 bits per heavy atom. The van der Waals surface area contributed by atoms with Crippen molar-refractivity contribution in [3.05, 3.63) is 41.2 Å². The van der Waals surface area contributed by atoms with E-state index in [0.717, 1.165) is 37.9 Å². The normalized spacial score (nSPS) is 16.2. The second-order valence-electron chi connectivity index (χ2n) is 6.97. The van der Waals surface area contributed by atoms with E-state index in [-0.39, 0.29) is 5.91 Å². The summed E-state index contributed by atoms with van der Waals surface area (Å²) in [5.41, 5.74) is 1.71. The summed E-state index contributed by atoms with van der Waals surface area (Å²) in [5, 5.41) is 6.30. The van der Waals surface area contributed by atoms with Crippen molar-refractivity contribution >= 4 is 11.9 Å². The van der Waals surface area contributed by atoms with Crippen LogP contribution in [0.15, 0.2) is 24.3 Å². The lowest BCUT2D eigenvalue weighted by Gasteiger charge is -2.09. The molecule has 2 N–H and O–H groups in total. The average Bonchev–Trinajstić information content (AvgIpc) is 2.69. The summed E-state index contributed by atoms with van der Waals surface area (Å²) < 4.78 is 5.50. The van der Waals surface area contributed by atoms with Gasteiger partial charge in [-0.25, -0.2) is 0 Å². The summed E-state index contributed by atoms with van der Waals surface area (Å²) in [6.45, 7) is 3.98. The highest BCUT2D eigenvalue weighted by Crippen LogP contribution is 2.14. The maximum Gasteiger partial charge on any atom is 0.321 e. The number of nitrogens with zero attached hydrogens (tertiary/aromatic N) is 3. The molecule has 0 atom stereocenters. The topological polar surface area (TPSA) is 89.0 Å². The minimum absolute atomic E-state index is 0.0188. The molecular formula is C21H29N5O2. The van der Waals surface area contributed by atoms with E-state index in [9.17, 15) is 4.79 Å². The van der Waals surface area contributed by atoms with Crippen molar-refractivity contribution in [2.75, 3.05) is 25.0 Å². The fourth-order valence-corrected chi connectivity index (χ4v) is 3.17. The van der Waals surface area contributed by atoms with E-state index in [1.54, 1.807) is 0 Å². The van der Waals surface area contributed by atoms with Crippen molar-refractivity contribution in [2.24, 2.45) is 0 Å². The number of nitrogens with one attached hydrogen (secondary N) is 2. The molecule has 4 rings (SSSR count). The van der Waals surface area contributed by atoms with Gasteiger partial charge in [-0.1, -0.05) is 37.8 Å². The Hall–Kier alpha value is -2.70. The lowest BCUT2D eigenvalue weighted by Crippen LogP contribution is -2.24. The molecule has 0 radical (unpaired) electrons. The molecule has 0 aliphatic carbocycles. The Labute approximate surface area is 166 Å². The summed E-state index contributed by atoms with van der Waals surface area (Å²) in [6.07, 6.45) is 7.34. The monoisotopic (exact) mass is 383 g/mol. The zero-order valence-electron chi connectivity index (χ0n) is 16.5. The molecule has 1 aromatic heterocycles. The Morgan fingerprint density at radius 3 is 2.29 bits per heavy atom. The van der Waals surface area contributed by atoms with Gasteiger partial charge in [-0.15, -0.1) is 0 Å². The average molecular weight is 383 g/mol. The van der Waals surface area contributed by atoms with Gasteiger partial charge in [0.15, 0.2) is 0 Å². The van der Waals surface area contributed by atoms with Crippen LogP contribution in [0.1, 0.15) is 67.2 Å². The number of benzene rings is 1. The summed E-state index contributed by atoms with van der Waals surface area (Å²) in [4.78, 5) is 25.5. The Balaban J connectivity index is 1.78. The number of amides is 1. The van der Waals surface area contributed by atoms with Gasteiger partial charge < -0.3 is 15.4 Å². The number of aromatic nitrogens is 3. The largest absolute Gasteiger partial charge is 0.464 e. The van der Waals surface area contributed by atoms with Crippen LogP contribution >= 0.6 is 0 Å². The van der Waals surface area contributed by atoms with Crippen LogP contribution in [0.25, 0.3) is 0 Å². The third kappa shape index (κ3) is 6.18. The van der Waals surface area contributed by atoms with Crippen LogP contribution in [-0.2, 0) is 6.42 Å². The molecule has 1 amide bonds. The van der Waals surface area contributed by atoms with E-state index in [1.165, 1.54) is 19.3 Å². The van der Waals surface area contributed by atoms with Gasteiger partial charge in [0.2, 0.25) is 5.95 Å². The minimum Gasteiger partial charge on any atom is -0.464 e. The maximum absolute atomic E-state index is 12.3. The van der Waals surface area contributed by atoms with Gasteiger partial charge in [-0.3, -0.25) is 4.79 Å². The number of fused-ring (bicyclic) bond motifs is 12. The first kappa shape index (κ1) is 20.0. The predicted molar refractivity (Wildman–Crippen MR) is 109 cm³/mol. The van der Waals surface area contributed by atoms with Gasteiger partial charge in [0.25, 0.3) is 5.91 Å². The predicted octanol–water partition coefficient (Wildman–Crippen LogP) is 3.36. The van der Waals surface area contributed by atoms with E-state index >= 15 is 0 Å². The van der Waals surface area contributed by atoms with Crippen molar-refractivity contribution in [2.45, 2.75) is 51.9 Å². The van der Waals surface area contributed by atoms with Gasteiger partial charge in [0, 0.05) is 25.1 Å². The highest BCUT2D eigenvalue weighted by atomic mass is 16.5. The smallest absolute Gasteiger partial charge is 0.321 e. The van der Waals surface area contributed by atoms with E-state index < -0.39 is 0 Å². The first-order chi connectivity index (χ1) is 13.7. The van der Waals surface area contributed by atoms with Crippen LogP contribution in [0.5, 0.6) is 6.01 Å². The van der Waals surface area contributed by atoms with Crippen LogP contribution in [-0.4, -0.2) is 40.6 Å². The fraction of sp³-hybridized carbons (Fsp3) is 0.524. The standard InChI is InChI=1S/C21H29N5O2/c1-2-28-21-25-18-15-16-9-11-17(12-10-16)19(27)22-13-7-5-3-4-6-8-14-23-20(24-18)26-21/h9-12H,2-8,13-15H2,1H3,(H,22,27)(H,23,24,25,26). The zero-order valence-corrected chi connectivity index (χ0v) is 16.5. The molecule has 2 aromatic rings. The highest BCUT2D eigenvalue weighted by Gasteiger charge is 2.10. The van der Waals surface area contributed by atoms with Gasteiger partial charge in [-0.05, 0) is 37.5 Å². The molecule has 150 valence electrons. The number of hydrogen-bond donors (Lipinski definition) is 2. The zero-order chi connectivity index (χ0) is 19.6. The van der Waals surface area contributed by atoms with Crippen LogP contribution in [0, 0.1) is 0 Å². The number of carbonyl (C=O) groups excluding carboxylic acids is 1. The van der Waals surface area contributed by atoms with E-state index in [4.69, 9.17) is 4.74 Å². The summed E-state index contributed by atoms with van der Waals surface area (Å²) in [7, 11) is 0. The molecule has 1 aromatic carbocycles. The number of anilines is 1. The lowest BCUT2D eigenvalue weighted by molar-refractivity contribution is 0.0953. The summed E-state index contributed by atoms with van der Waals surface area (Å²) in [6, 6.07) is 7.93. The second-order valence-corrected chi connectivity index (χ2v) is 6.97. The molecule has 0 fully saturated rings. The molecule has 0 unspecified atom stereocenters. The van der Waals surface area contributed by atoms with Gasteiger partial charge in [-0.2, -0.15) is 15.0 Å². The minimum atomic E-state index is -0.0188. The Bertz CT molecular complexity index is 764. The van der Waals surface area contributed by atoms with Gasteiger partial charge in [0.05, 0.1) is 6.61 Å². The molecule has 7 heteroatoms. The highest BCUT2D eigenvalue weighted by molar-refractivity contribution is 5.94. The van der Waals surface area contributed by atoms with Crippen LogP contribution in [0.4, 0.5) is 5.95 Å². The lowest BCUT2D eigenvalue weighted by atomic mass is 10.1. The fourth-order valence-electron chi connectivity index (χ4n) is 3.17. The molecule has 28 heavy (non-hydrogen) atoms. The third-order valence-electron chi connectivity index (χ3n) is 4.69. The van der Waals surface area contributed by atoms with Crippen molar-refractivity contribution in [1.29, 1.82) is 0 Å². The Morgan fingerprint density at radius 2 is 1.57 bits per heavy atom. The van der Waals surface area contributed by atoms with Crippen molar-refractivity contribution in [3.63, 3.8) is 0 Å². The summed E-state index contributed by atoms with van der Waals surface area (Å²) >= 11 is 0. The maximum atomic E-state index is 12.3. The van der Waals surface area contributed by atoms with Crippen molar-refractivity contribution in [1.82, 2.24) is 20.3 Å². The molecule has 3 heterocycles. The van der Waals surface area contributed by atoms with E-state index in [1.807, 2.05) is 31.2 Å². The second kappa shape index (κ2) is 10.6. The van der Waals surface area contributed by atoms with Crippen LogP contribution < -0.4 is 15.4 Å². The Kier molecular flexibility index (Phi) is 7.58. The molecule has 0 spiro atoms. The number of carbonyl (C=O) groups is 1. The number of hydrogen-bond acceptors (Lipinski definition) is 6. The molecule has 7 nitrogen and oxygen atoms in total. The molecule has 2 aliphatic heterocycles. The van der Waals surface area contributed by atoms with Gasteiger partial charge in [0.1, 0.15) is 5.82 Å². The number of ether oxygens (including phenoxy) is 1. The molecular weight excluding hydrogens is 354 g/mol. The van der Waals surface area contributed by atoms with Crippen LogP contribution in [0.3, 0.4) is 0 Å².